The van der Waals surface area contributed by atoms with Crippen molar-refractivity contribution in [1.29, 1.82) is 0 Å². The Morgan fingerprint density at radius 1 is 1.16 bits per heavy atom. The van der Waals surface area contributed by atoms with Crippen molar-refractivity contribution in [1.82, 2.24) is 14.5 Å². The molecule has 3 heterocycles. The molecule has 4 rings (SSSR count). The highest BCUT2D eigenvalue weighted by molar-refractivity contribution is 7.91. The van der Waals surface area contributed by atoms with Gasteiger partial charge in [0, 0.05) is 48.2 Å². The predicted molar refractivity (Wildman–Crippen MR) is 111 cm³/mol. The number of nitrogens with zero attached hydrogens (tertiary/aromatic N) is 2. The second-order valence-electron chi connectivity index (χ2n) is 6.83. The monoisotopic (exact) mass is 445 g/mol. The Morgan fingerprint density at radius 2 is 1.94 bits per heavy atom. The van der Waals surface area contributed by atoms with Gasteiger partial charge in [0.05, 0.1) is 10.6 Å². The first-order chi connectivity index (χ1) is 14.7. The minimum atomic E-state index is -3.60. The van der Waals surface area contributed by atoms with E-state index < -0.39 is 21.5 Å². The number of ether oxygens (including phenoxy) is 1. The van der Waals surface area contributed by atoms with Gasteiger partial charge in [-0.15, -0.1) is 0 Å². The number of nitrogens with one attached hydrogen (secondary N) is 1. The molecule has 0 saturated heterocycles. The van der Waals surface area contributed by atoms with Gasteiger partial charge in [-0.1, -0.05) is 6.92 Å². The van der Waals surface area contributed by atoms with Crippen LogP contribution in [-0.2, 0) is 16.9 Å². The average molecular weight is 445 g/mol. The zero-order chi connectivity index (χ0) is 22.3. The van der Waals surface area contributed by atoms with Crippen molar-refractivity contribution in [3.05, 3.63) is 70.9 Å². The molecule has 1 N–H and O–H groups in total. The maximum Gasteiger partial charge on any atom is 0.274 e. The molecule has 0 radical (unpaired) electrons. The van der Waals surface area contributed by atoms with E-state index >= 15 is 0 Å². The minimum Gasteiger partial charge on any atom is -0.435 e. The molecular weight excluding hydrogens is 428 g/mol. The van der Waals surface area contributed by atoms with E-state index in [0.717, 1.165) is 18.3 Å². The second-order valence-corrected chi connectivity index (χ2v) is 9.11. The highest BCUT2D eigenvalue weighted by Crippen LogP contribution is 2.37. The first-order valence-corrected chi connectivity index (χ1v) is 10.9. The number of rotatable bonds is 5. The number of aromatic amines is 1. The molecule has 10 heteroatoms. The van der Waals surface area contributed by atoms with Crippen molar-refractivity contribution in [2.45, 2.75) is 11.8 Å². The fourth-order valence-corrected chi connectivity index (χ4v) is 3.99. The van der Waals surface area contributed by atoms with Gasteiger partial charge in [-0.2, -0.15) is 0 Å². The van der Waals surface area contributed by atoms with Crippen LogP contribution in [0.4, 0.5) is 8.78 Å². The van der Waals surface area contributed by atoms with Crippen LogP contribution in [0.2, 0.25) is 0 Å². The lowest BCUT2D eigenvalue weighted by molar-refractivity contribution is 0.424. The summed E-state index contributed by atoms with van der Waals surface area (Å²) >= 11 is 0. The van der Waals surface area contributed by atoms with E-state index in [2.05, 4.69) is 9.97 Å². The summed E-state index contributed by atoms with van der Waals surface area (Å²) in [6.45, 7) is 1.50. The molecule has 0 aliphatic carbocycles. The average Bonchev–Trinajstić information content (AvgIpc) is 3.17. The van der Waals surface area contributed by atoms with Crippen LogP contribution >= 0.6 is 0 Å². The Balaban J connectivity index is 1.95. The van der Waals surface area contributed by atoms with Crippen molar-refractivity contribution >= 4 is 20.7 Å². The number of hydrogen-bond donors (Lipinski definition) is 1. The van der Waals surface area contributed by atoms with Gasteiger partial charge in [0.25, 0.3) is 5.56 Å². The van der Waals surface area contributed by atoms with Crippen molar-refractivity contribution < 1.29 is 21.9 Å². The standard InChI is InChI=1S/C21H17F2N3O4S/c1-3-31(28,29)13-9-15(16-11-24-19-14(16)6-7-26(2)21(19)27)20(25-10-13)30-18-5-4-12(22)8-17(18)23/h4-11,24H,3H2,1-2H3. The summed E-state index contributed by atoms with van der Waals surface area (Å²) in [5, 5.41) is 0.514. The van der Waals surface area contributed by atoms with E-state index in [9.17, 15) is 22.0 Å². The van der Waals surface area contributed by atoms with Crippen LogP contribution in [0.1, 0.15) is 6.92 Å². The number of aromatic nitrogens is 3. The maximum absolute atomic E-state index is 14.1. The summed E-state index contributed by atoms with van der Waals surface area (Å²) in [6.07, 6.45) is 4.22. The number of fused-ring (bicyclic) bond motifs is 1. The van der Waals surface area contributed by atoms with Gasteiger partial charge in [0.15, 0.2) is 21.4 Å². The zero-order valence-corrected chi connectivity index (χ0v) is 17.3. The number of pyridine rings is 2. The van der Waals surface area contributed by atoms with Gasteiger partial charge < -0.3 is 14.3 Å². The lowest BCUT2D eigenvalue weighted by atomic mass is 10.1. The Morgan fingerprint density at radius 3 is 2.65 bits per heavy atom. The van der Waals surface area contributed by atoms with Crippen LogP contribution in [0.3, 0.4) is 0 Å². The largest absolute Gasteiger partial charge is 0.435 e. The summed E-state index contributed by atoms with van der Waals surface area (Å²) in [4.78, 5) is 19.3. The van der Waals surface area contributed by atoms with Crippen molar-refractivity contribution in [2.75, 3.05) is 5.75 Å². The molecule has 0 fully saturated rings. The number of halogens is 2. The minimum absolute atomic E-state index is 0.0462. The smallest absolute Gasteiger partial charge is 0.274 e. The SMILES string of the molecule is CCS(=O)(=O)c1cnc(Oc2ccc(F)cc2F)c(-c2c[nH]c3c(=O)n(C)ccc23)c1. The highest BCUT2D eigenvalue weighted by Gasteiger charge is 2.21. The lowest BCUT2D eigenvalue weighted by Crippen LogP contribution is -2.15. The number of aryl methyl sites for hydroxylation is 1. The second kappa shape index (κ2) is 7.62. The molecular formula is C21H17F2N3O4S. The molecule has 0 saturated carbocycles. The Bertz CT molecular complexity index is 1480. The van der Waals surface area contributed by atoms with Crippen molar-refractivity contribution in [2.24, 2.45) is 7.05 Å². The van der Waals surface area contributed by atoms with Gasteiger partial charge >= 0.3 is 0 Å². The molecule has 7 nitrogen and oxygen atoms in total. The molecule has 0 spiro atoms. The molecule has 0 aliphatic heterocycles. The molecule has 4 aromatic rings. The van der Waals surface area contributed by atoms with E-state index in [4.69, 9.17) is 4.74 Å². The molecule has 31 heavy (non-hydrogen) atoms. The molecule has 0 bridgehead atoms. The number of H-pyrrole nitrogens is 1. The van der Waals surface area contributed by atoms with Gasteiger partial charge in [-0.25, -0.2) is 22.2 Å². The lowest BCUT2D eigenvalue weighted by Gasteiger charge is -2.12. The van der Waals surface area contributed by atoms with Gasteiger partial charge in [-0.05, 0) is 24.3 Å². The molecule has 0 unspecified atom stereocenters. The zero-order valence-electron chi connectivity index (χ0n) is 16.5. The maximum atomic E-state index is 14.1. The van der Waals surface area contributed by atoms with E-state index in [-0.39, 0.29) is 33.4 Å². The van der Waals surface area contributed by atoms with Crippen LogP contribution in [0.25, 0.3) is 22.0 Å². The summed E-state index contributed by atoms with van der Waals surface area (Å²) in [5.74, 6) is -2.23. The van der Waals surface area contributed by atoms with Crippen molar-refractivity contribution in [3.63, 3.8) is 0 Å². The molecule has 1 aromatic carbocycles. The molecule has 160 valence electrons. The number of hydrogen-bond acceptors (Lipinski definition) is 5. The third-order valence-electron chi connectivity index (χ3n) is 4.88. The van der Waals surface area contributed by atoms with Crippen LogP contribution in [0.5, 0.6) is 11.6 Å². The molecule has 0 atom stereocenters. The quantitative estimate of drug-likeness (QED) is 0.504. The normalized spacial score (nSPS) is 11.7. The first kappa shape index (κ1) is 20.7. The van der Waals surface area contributed by atoms with Gasteiger partial charge in [0.1, 0.15) is 11.3 Å². The topological polar surface area (TPSA) is 94.1 Å². The highest BCUT2D eigenvalue weighted by atomic mass is 32.2. The molecule has 3 aromatic heterocycles. The third kappa shape index (κ3) is 3.70. The summed E-state index contributed by atoms with van der Waals surface area (Å²) in [6, 6.07) is 5.86. The summed E-state index contributed by atoms with van der Waals surface area (Å²) < 4.78 is 59.2. The van der Waals surface area contributed by atoms with Crippen molar-refractivity contribution in [3.8, 4) is 22.8 Å². The Kier molecular flexibility index (Phi) is 5.10. The first-order valence-electron chi connectivity index (χ1n) is 9.24. The van der Waals surface area contributed by atoms with Crippen LogP contribution in [0, 0.1) is 11.6 Å². The van der Waals surface area contributed by atoms with E-state index in [1.54, 1.807) is 19.3 Å². The fraction of sp³-hybridized carbons (Fsp3) is 0.143. The Labute approximate surface area is 175 Å². The summed E-state index contributed by atoms with van der Waals surface area (Å²) in [7, 11) is -2.00. The fourth-order valence-electron chi connectivity index (χ4n) is 3.14. The van der Waals surface area contributed by atoms with E-state index in [1.165, 1.54) is 23.8 Å². The predicted octanol–water partition coefficient (Wildman–Crippen LogP) is 3.79. The summed E-state index contributed by atoms with van der Waals surface area (Å²) in [5.41, 5.74) is 0.715. The van der Waals surface area contributed by atoms with Crippen LogP contribution in [0.15, 0.2) is 58.6 Å². The molecule has 0 aliphatic rings. The van der Waals surface area contributed by atoms with E-state index in [0.29, 0.717) is 22.5 Å². The number of sulfone groups is 1. The third-order valence-corrected chi connectivity index (χ3v) is 6.58. The Hall–Kier alpha value is -3.53. The van der Waals surface area contributed by atoms with Gasteiger partial charge in [-0.3, -0.25) is 4.79 Å². The van der Waals surface area contributed by atoms with E-state index in [1.807, 2.05) is 0 Å². The molecule has 0 amide bonds. The van der Waals surface area contributed by atoms with Crippen LogP contribution < -0.4 is 10.3 Å². The van der Waals surface area contributed by atoms with Gasteiger partial charge in [0.2, 0.25) is 5.88 Å². The van der Waals surface area contributed by atoms with Crippen LogP contribution in [-0.4, -0.2) is 28.7 Å². The number of benzene rings is 1.